The summed E-state index contributed by atoms with van der Waals surface area (Å²) in [4.78, 5) is 25.5. The third-order valence-electron chi connectivity index (χ3n) is 4.61. The third-order valence-corrected chi connectivity index (χ3v) is 5.17. The quantitative estimate of drug-likeness (QED) is 0.420. The molecular formula is C24H17Cl2NO4. The lowest BCUT2D eigenvalue weighted by atomic mass is 10.1. The first kappa shape index (κ1) is 21.0. The van der Waals surface area contributed by atoms with Gasteiger partial charge in [-0.1, -0.05) is 65.7 Å². The van der Waals surface area contributed by atoms with Crippen molar-refractivity contribution in [2.45, 2.75) is 6.54 Å². The molecule has 4 aromatic rings. The fraction of sp³-hybridized carbons (Fsp3) is 0.0833. The Morgan fingerprint density at radius 2 is 1.71 bits per heavy atom. The lowest BCUT2D eigenvalue weighted by Crippen LogP contribution is -2.29. The highest BCUT2D eigenvalue weighted by atomic mass is 35.5. The van der Waals surface area contributed by atoms with Crippen LogP contribution in [0.3, 0.4) is 0 Å². The normalized spacial score (nSPS) is 10.8. The number of hydrogen-bond donors (Lipinski definition) is 1. The first-order chi connectivity index (χ1) is 15.0. The van der Waals surface area contributed by atoms with E-state index in [2.05, 4.69) is 5.32 Å². The molecule has 0 bridgehead atoms. The molecule has 0 fully saturated rings. The zero-order valence-corrected chi connectivity index (χ0v) is 17.7. The maximum absolute atomic E-state index is 13.2. The number of benzene rings is 3. The number of carbonyl (C=O) groups is 1. The number of hydrogen-bond acceptors (Lipinski definition) is 4. The maximum Gasteiger partial charge on any atom is 0.258 e. The van der Waals surface area contributed by atoms with E-state index in [0.29, 0.717) is 27.7 Å². The summed E-state index contributed by atoms with van der Waals surface area (Å²) in [7, 11) is 0. The highest BCUT2D eigenvalue weighted by Gasteiger charge is 2.20. The Labute approximate surface area is 188 Å². The molecule has 0 saturated carbocycles. The minimum atomic E-state index is -0.436. The van der Waals surface area contributed by atoms with Crippen LogP contribution in [0.25, 0.3) is 22.3 Å². The van der Waals surface area contributed by atoms with Crippen LogP contribution in [0.2, 0.25) is 10.0 Å². The summed E-state index contributed by atoms with van der Waals surface area (Å²) in [5.41, 5.74) is 1.34. The van der Waals surface area contributed by atoms with Crippen molar-refractivity contribution in [2.24, 2.45) is 0 Å². The van der Waals surface area contributed by atoms with E-state index in [0.717, 1.165) is 5.56 Å². The van der Waals surface area contributed by atoms with Gasteiger partial charge in [-0.25, -0.2) is 0 Å². The van der Waals surface area contributed by atoms with Gasteiger partial charge in [0.2, 0.25) is 11.2 Å². The fourth-order valence-corrected chi connectivity index (χ4v) is 3.48. The number of fused-ring (bicyclic) bond motifs is 1. The van der Waals surface area contributed by atoms with Crippen LogP contribution in [0.1, 0.15) is 5.56 Å². The molecule has 0 aliphatic rings. The van der Waals surface area contributed by atoms with Gasteiger partial charge in [0.05, 0.1) is 10.4 Å². The molecule has 0 atom stereocenters. The van der Waals surface area contributed by atoms with Gasteiger partial charge in [0.1, 0.15) is 5.58 Å². The van der Waals surface area contributed by atoms with Gasteiger partial charge < -0.3 is 14.5 Å². The second-order valence-corrected chi connectivity index (χ2v) is 7.60. The van der Waals surface area contributed by atoms with Crippen LogP contribution in [0.4, 0.5) is 0 Å². The molecule has 3 aromatic carbocycles. The Morgan fingerprint density at radius 3 is 2.48 bits per heavy atom. The summed E-state index contributed by atoms with van der Waals surface area (Å²) >= 11 is 12.4. The second kappa shape index (κ2) is 9.25. The summed E-state index contributed by atoms with van der Waals surface area (Å²) < 4.78 is 11.6. The van der Waals surface area contributed by atoms with Gasteiger partial charge in [0.15, 0.2) is 12.4 Å². The number of rotatable bonds is 6. The number of halogens is 2. The number of carbonyl (C=O) groups excluding carboxylic acids is 1. The Morgan fingerprint density at radius 1 is 0.968 bits per heavy atom. The molecule has 31 heavy (non-hydrogen) atoms. The zero-order valence-electron chi connectivity index (χ0n) is 16.2. The topological polar surface area (TPSA) is 68.5 Å². The van der Waals surface area contributed by atoms with Crippen molar-refractivity contribution in [3.63, 3.8) is 0 Å². The Balaban J connectivity index is 1.66. The van der Waals surface area contributed by atoms with Gasteiger partial charge >= 0.3 is 0 Å². The summed E-state index contributed by atoms with van der Waals surface area (Å²) in [5.74, 6) is -0.321. The molecule has 5 nitrogen and oxygen atoms in total. The maximum atomic E-state index is 13.2. The van der Waals surface area contributed by atoms with Gasteiger partial charge in [0.25, 0.3) is 5.91 Å². The Kier molecular flexibility index (Phi) is 6.26. The summed E-state index contributed by atoms with van der Waals surface area (Å²) in [6.45, 7) is -0.0105. The van der Waals surface area contributed by atoms with Crippen LogP contribution in [0.5, 0.6) is 5.75 Å². The minimum Gasteiger partial charge on any atom is -0.476 e. The van der Waals surface area contributed by atoms with Crippen molar-refractivity contribution in [3.05, 3.63) is 98.6 Å². The highest BCUT2D eigenvalue weighted by Crippen LogP contribution is 2.35. The average Bonchev–Trinajstić information content (AvgIpc) is 2.78. The molecule has 4 rings (SSSR count). The van der Waals surface area contributed by atoms with Crippen molar-refractivity contribution in [3.8, 4) is 17.1 Å². The van der Waals surface area contributed by atoms with Crippen LogP contribution in [0, 0.1) is 0 Å². The standard InChI is InChI=1S/C24H17Cl2NO4/c25-16-10-11-20-18(12-16)22(29)24(23(31-20)17-8-4-5-9-19(17)26)30-14-21(28)27-13-15-6-2-1-3-7-15/h1-12H,13-14H2,(H,27,28). The molecule has 0 aliphatic heterocycles. The van der Waals surface area contributed by atoms with E-state index in [9.17, 15) is 9.59 Å². The Bertz CT molecular complexity index is 1300. The predicted molar refractivity (Wildman–Crippen MR) is 122 cm³/mol. The second-order valence-electron chi connectivity index (χ2n) is 6.76. The summed E-state index contributed by atoms with van der Waals surface area (Å²) in [5, 5.41) is 3.79. The number of amides is 1. The van der Waals surface area contributed by atoms with E-state index in [-0.39, 0.29) is 29.4 Å². The van der Waals surface area contributed by atoms with E-state index < -0.39 is 5.43 Å². The molecule has 156 valence electrons. The van der Waals surface area contributed by atoms with Gasteiger partial charge in [-0.3, -0.25) is 9.59 Å². The number of ether oxygens (including phenoxy) is 1. The molecule has 1 amide bonds. The highest BCUT2D eigenvalue weighted by molar-refractivity contribution is 6.33. The molecular weight excluding hydrogens is 437 g/mol. The van der Waals surface area contributed by atoms with Gasteiger partial charge in [-0.2, -0.15) is 0 Å². The molecule has 0 spiro atoms. The van der Waals surface area contributed by atoms with E-state index in [4.69, 9.17) is 32.4 Å². The SMILES string of the molecule is O=C(COc1c(-c2ccccc2Cl)oc2ccc(Cl)cc2c1=O)NCc1ccccc1. The lowest BCUT2D eigenvalue weighted by Gasteiger charge is -2.13. The van der Waals surface area contributed by atoms with E-state index in [1.165, 1.54) is 6.07 Å². The van der Waals surface area contributed by atoms with E-state index >= 15 is 0 Å². The van der Waals surface area contributed by atoms with Crippen LogP contribution in [-0.4, -0.2) is 12.5 Å². The van der Waals surface area contributed by atoms with E-state index in [1.807, 2.05) is 30.3 Å². The van der Waals surface area contributed by atoms with Crippen molar-refractivity contribution >= 4 is 40.1 Å². The monoisotopic (exact) mass is 453 g/mol. The largest absolute Gasteiger partial charge is 0.476 e. The van der Waals surface area contributed by atoms with Crippen LogP contribution >= 0.6 is 23.2 Å². The van der Waals surface area contributed by atoms with Gasteiger partial charge in [-0.15, -0.1) is 0 Å². The third kappa shape index (κ3) is 4.74. The Hall–Kier alpha value is -3.28. The summed E-state index contributed by atoms with van der Waals surface area (Å²) in [6.07, 6.45) is 0. The van der Waals surface area contributed by atoms with Crippen LogP contribution in [0.15, 0.2) is 82.0 Å². The van der Waals surface area contributed by atoms with Crippen LogP contribution < -0.4 is 15.5 Å². The van der Waals surface area contributed by atoms with Crippen molar-refractivity contribution < 1.29 is 13.9 Å². The first-order valence-corrected chi connectivity index (χ1v) is 10.2. The summed E-state index contributed by atoms with van der Waals surface area (Å²) in [6, 6.07) is 21.1. The van der Waals surface area contributed by atoms with E-state index in [1.54, 1.807) is 36.4 Å². The average molecular weight is 454 g/mol. The molecule has 0 radical (unpaired) electrons. The van der Waals surface area contributed by atoms with Crippen molar-refractivity contribution in [1.29, 1.82) is 0 Å². The molecule has 1 heterocycles. The molecule has 0 saturated heterocycles. The van der Waals surface area contributed by atoms with Crippen LogP contribution in [-0.2, 0) is 11.3 Å². The number of nitrogens with one attached hydrogen (secondary N) is 1. The minimum absolute atomic E-state index is 0.0993. The molecule has 7 heteroatoms. The lowest BCUT2D eigenvalue weighted by molar-refractivity contribution is -0.123. The molecule has 0 unspecified atom stereocenters. The first-order valence-electron chi connectivity index (χ1n) is 9.47. The van der Waals surface area contributed by atoms with Crippen molar-refractivity contribution in [2.75, 3.05) is 6.61 Å². The smallest absolute Gasteiger partial charge is 0.258 e. The van der Waals surface area contributed by atoms with Gasteiger partial charge in [0, 0.05) is 17.1 Å². The van der Waals surface area contributed by atoms with Crippen molar-refractivity contribution in [1.82, 2.24) is 5.32 Å². The molecule has 1 N–H and O–H groups in total. The molecule has 1 aromatic heterocycles. The molecule has 0 aliphatic carbocycles. The fourth-order valence-electron chi connectivity index (χ4n) is 3.09. The van der Waals surface area contributed by atoms with Gasteiger partial charge in [-0.05, 0) is 35.9 Å². The zero-order chi connectivity index (χ0) is 21.8. The predicted octanol–water partition coefficient (Wildman–Crippen LogP) is 5.46.